The first-order valence-corrected chi connectivity index (χ1v) is 7.14. The summed E-state index contributed by atoms with van der Waals surface area (Å²) >= 11 is -0.272. The Kier molecular flexibility index (Phi) is 5.29. The Bertz CT molecular complexity index is 33.4. The van der Waals surface area contributed by atoms with E-state index in [9.17, 15) is 0 Å². The van der Waals surface area contributed by atoms with Gasteiger partial charge >= 0.3 is 70.5 Å². The van der Waals surface area contributed by atoms with Crippen LogP contribution in [0.2, 0.25) is 1.78 Å². The van der Waals surface area contributed by atoms with Crippen molar-refractivity contribution < 1.29 is 0 Å². The van der Waals surface area contributed by atoms with Gasteiger partial charge in [-0.15, -0.1) is 0 Å². The molecule has 0 heterocycles. The van der Waals surface area contributed by atoms with Gasteiger partial charge in [0.15, 0.2) is 0 Å². The van der Waals surface area contributed by atoms with Crippen LogP contribution in [0.4, 0.5) is 0 Å². The molecule has 1 heteroatoms. The summed E-state index contributed by atoms with van der Waals surface area (Å²) in [4.78, 5) is 0. The van der Waals surface area contributed by atoms with Crippen LogP contribution in [0.5, 0.6) is 0 Å². The first kappa shape index (κ1) is 8.48. The Morgan fingerprint density at radius 2 is 1.14 bits per heavy atom. The van der Waals surface area contributed by atoms with Gasteiger partial charge in [-0.3, -0.25) is 0 Å². The van der Waals surface area contributed by atoms with Gasteiger partial charge in [0, 0.05) is 0 Å². The average Bonchev–Trinajstić information content (AvgIpc) is 1.27. The summed E-state index contributed by atoms with van der Waals surface area (Å²) in [6.45, 7) is 9.43. The zero-order valence-corrected chi connectivity index (χ0v) is 9.34. The molecule has 0 saturated heterocycles. The summed E-state index contributed by atoms with van der Waals surface area (Å²) < 4.78 is 2.17. The molecule has 0 saturated carbocycles. The predicted octanol–water partition coefficient (Wildman–Crippen LogP) is 2.35. The zero-order valence-electron chi connectivity index (χ0n) is 5.86. The van der Waals surface area contributed by atoms with Gasteiger partial charge in [0.05, 0.1) is 0 Å². The normalized spacial score (nSPS) is 10.0. The molecule has 0 N–H and O–H groups in total. The molecule has 0 aliphatic heterocycles. The van der Waals surface area contributed by atoms with Gasteiger partial charge in [0.25, 0.3) is 0 Å². The molecule has 0 fully saturated rings. The fourth-order valence-electron chi connectivity index (χ4n) is 0.943. The van der Waals surface area contributed by atoms with E-state index in [4.69, 9.17) is 0 Å². The second-order valence-corrected chi connectivity index (χ2v) is 12.2. The minimum atomic E-state index is -0.272. The molecule has 0 aromatic carbocycles. The molecular weight excluding hydrogens is 160 g/mol. The Hall–Kier alpha value is 1.48. The molecule has 0 aromatic rings. The molecule has 0 amide bonds. The third kappa shape index (κ3) is 7.48. The summed E-state index contributed by atoms with van der Waals surface area (Å²) in [7, 11) is 0. The van der Waals surface area contributed by atoms with Crippen LogP contribution in [0.1, 0.15) is 27.7 Å². The van der Waals surface area contributed by atoms with Crippen LogP contribution in [0, 0.1) is 0 Å². The zero-order chi connectivity index (χ0) is 5.86. The first-order chi connectivity index (χ1) is 3.13. The van der Waals surface area contributed by atoms with Gasteiger partial charge in [-0.2, -0.15) is 0 Å². The molecule has 40 valence electrons. The Labute approximate surface area is 69.4 Å². The monoisotopic (exact) mass is 174 g/mol. The van der Waals surface area contributed by atoms with Crippen molar-refractivity contribution in [2.75, 3.05) is 0 Å². The van der Waals surface area contributed by atoms with Crippen molar-refractivity contribution in [2.45, 2.75) is 29.5 Å². The molecule has 0 unspecified atom stereocenters. The summed E-state index contributed by atoms with van der Waals surface area (Å²) in [5.41, 5.74) is 0. The van der Waals surface area contributed by atoms with Gasteiger partial charge in [0.1, 0.15) is 0 Å². The molecule has 0 aliphatic rings. The van der Waals surface area contributed by atoms with Gasteiger partial charge in [0.2, 0.25) is 0 Å². The molecule has 0 aliphatic carbocycles. The van der Waals surface area contributed by atoms with Crippen molar-refractivity contribution in [1.82, 2.24) is 0 Å². The Morgan fingerprint density at radius 1 is 0.857 bits per heavy atom. The molecule has 0 bridgehead atoms. The quantitative estimate of drug-likeness (QED) is 0.563. The Morgan fingerprint density at radius 3 is 1.14 bits per heavy atom. The van der Waals surface area contributed by atoms with E-state index < -0.39 is 0 Å². The van der Waals surface area contributed by atoms with Crippen molar-refractivity contribution in [2.24, 2.45) is 0 Å². The van der Waals surface area contributed by atoms with E-state index in [-0.39, 0.29) is 41.0 Å². The van der Waals surface area contributed by atoms with E-state index in [0.29, 0.717) is 0 Å². The van der Waals surface area contributed by atoms with Crippen LogP contribution in [0.15, 0.2) is 0 Å². The number of rotatable bonds is 2. The van der Waals surface area contributed by atoms with Gasteiger partial charge in [-0.1, -0.05) is 0 Å². The van der Waals surface area contributed by atoms with Crippen molar-refractivity contribution in [1.29, 1.82) is 0 Å². The standard InChI is InChI=1S/2C3H7.Sr/c2*1-3-2;/h2*3H,1-2H3;. The summed E-state index contributed by atoms with van der Waals surface area (Å²) in [5, 5.41) is 0. The predicted molar refractivity (Wildman–Crippen MR) is 35.9 cm³/mol. The summed E-state index contributed by atoms with van der Waals surface area (Å²) in [6.07, 6.45) is 0. The summed E-state index contributed by atoms with van der Waals surface area (Å²) in [5.74, 6) is 0. The van der Waals surface area contributed by atoms with Crippen LogP contribution in [-0.4, -0.2) is 41.0 Å². The van der Waals surface area contributed by atoms with Crippen molar-refractivity contribution in [3.63, 3.8) is 0 Å². The third-order valence-corrected chi connectivity index (χ3v) is 5.58. The van der Waals surface area contributed by atoms with Crippen molar-refractivity contribution >= 4 is 41.0 Å². The van der Waals surface area contributed by atoms with Crippen LogP contribution in [-0.2, 0) is 0 Å². The van der Waals surface area contributed by atoms with E-state index >= 15 is 0 Å². The molecule has 0 atom stereocenters. The van der Waals surface area contributed by atoms with Crippen molar-refractivity contribution in [3.8, 4) is 0 Å². The van der Waals surface area contributed by atoms with Gasteiger partial charge < -0.3 is 0 Å². The SMILES string of the molecule is C[CH](C)[Sr][CH](C)C. The molecule has 7 heavy (non-hydrogen) atoms. The van der Waals surface area contributed by atoms with Crippen molar-refractivity contribution in [3.05, 3.63) is 0 Å². The molecular formula is C6H14Sr. The second kappa shape index (κ2) is 4.37. The fourth-order valence-corrected chi connectivity index (χ4v) is 5.58. The maximum absolute atomic E-state index is 2.36. The van der Waals surface area contributed by atoms with E-state index in [1.807, 2.05) is 0 Å². The molecule has 0 nitrogen and oxygen atoms in total. The van der Waals surface area contributed by atoms with Gasteiger partial charge in [-0.05, 0) is 0 Å². The topological polar surface area (TPSA) is 0 Å². The number of hydrogen-bond donors (Lipinski definition) is 0. The maximum atomic E-state index is 2.36. The molecule has 0 aromatic heterocycles. The minimum absolute atomic E-state index is 0.272. The first-order valence-electron chi connectivity index (χ1n) is 3.13. The number of hydrogen-bond acceptors (Lipinski definition) is 0. The van der Waals surface area contributed by atoms with E-state index in [1.54, 1.807) is 0 Å². The average molecular weight is 174 g/mol. The molecule has 0 radical (unpaired) electrons. The third-order valence-electron chi connectivity index (χ3n) is 0.943. The second-order valence-electron chi connectivity index (χ2n) is 3.02. The Balaban J connectivity index is 2.95. The van der Waals surface area contributed by atoms with Crippen LogP contribution >= 0.6 is 0 Å². The van der Waals surface area contributed by atoms with E-state index in [1.165, 1.54) is 0 Å². The van der Waals surface area contributed by atoms with E-state index in [2.05, 4.69) is 27.7 Å². The van der Waals surface area contributed by atoms with Crippen LogP contribution in [0.3, 0.4) is 0 Å². The summed E-state index contributed by atoms with van der Waals surface area (Å²) in [6, 6.07) is 0. The fraction of sp³-hybridized carbons (Fsp3) is 1.00. The van der Waals surface area contributed by atoms with Crippen LogP contribution in [0.25, 0.3) is 0 Å². The molecule has 0 rings (SSSR count). The van der Waals surface area contributed by atoms with Gasteiger partial charge in [-0.25, -0.2) is 0 Å². The van der Waals surface area contributed by atoms with Crippen LogP contribution < -0.4 is 0 Å². The molecule has 0 spiro atoms. The van der Waals surface area contributed by atoms with E-state index in [0.717, 1.165) is 1.78 Å².